The van der Waals surface area contributed by atoms with E-state index in [-0.39, 0.29) is 12.5 Å². The summed E-state index contributed by atoms with van der Waals surface area (Å²) >= 11 is 0. The van der Waals surface area contributed by atoms with Crippen LogP contribution in [0, 0.1) is 0 Å². The van der Waals surface area contributed by atoms with Crippen molar-refractivity contribution >= 4 is 5.91 Å². The molecule has 20 heavy (non-hydrogen) atoms. The van der Waals surface area contributed by atoms with Crippen LogP contribution in [0.1, 0.15) is 22.1 Å². The Bertz CT molecular complexity index is 552. The minimum Gasteiger partial charge on any atom is -0.497 e. The van der Waals surface area contributed by atoms with Gasteiger partial charge in [0, 0.05) is 13.2 Å². The monoisotopic (exact) mass is 275 g/mol. The fourth-order valence-electron chi connectivity index (χ4n) is 1.98. The maximum absolute atomic E-state index is 12.2. The molecule has 0 aliphatic rings. The smallest absolute Gasteiger partial charge is 0.272 e. The van der Waals surface area contributed by atoms with Crippen LogP contribution >= 0.6 is 0 Å². The number of H-pyrrole nitrogens is 1. The van der Waals surface area contributed by atoms with Crippen LogP contribution in [-0.2, 0) is 0 Å². The summed E-state index contributed by atoms with van der Waals surface area (Å²) in [5.74, 6) is 0.505. The van der Waals surface area contributed by atoms with Crippen LogP contribution in [-0.4, -0.2) is 46.9 Å². The van der Waals surface area contributed by atoms with Crippen molar-refractivity contribution in [2.75, 3.05) is 20.8 Å². The van der Waals surface area contributed by atoms with E-state index in [1.807, 2.05) is 12.1 Å². The standard InChI is InChI=1S/C14H17N3O3/c1-17(14(19)12-7-8-15-16-12)13(9-18)10-3-5-11(20-2)6-4-10/h3-8,13,18H,9H2,1-2H3,(H,15,16)/t13-/m0/s1. The molecule has 6 nitrogen and oxygen atoms in total. The van der Waals surface area contributed by atoms with Crippen LogP contribution in [0.5, 0.6) is 5.75 Å². The van der Waals surface area contributed by atoms with Gasteiger partial charge in [-0.25, -0.2) is 0 Å². The third-order valence-corrected chi connectivity index (χ3v) is 3.19. The van der Waals surface area contributed by atoms with Crippen molar-refractivity contribution in [3.8, 4) is 5.75 Å². The SMILES string of the molecule is COc1ccc([C@H](CO)N(C)C(=O)c2ccn[nH]2)cc1. The van der Waals surface area contributed by atoms with Gasteiger partial charge in [0.25, 0.3) is 5.91 Å². The zero-order valence-electron chi connectivity index (χ0n) is 11.4. The van der Waals surface area contributed by atoms with E-state index in [9.17, 15) is 9.90 Å². The second kappa shape index (κ2) is 6.21. The Morgan fingerprint density at radius 1 is 1.40 bits per heavy atom. The van der Waals surface area contributed by atoms with Crippen LogP contribution in [0.25, 0.3) is 0 Å². The summed E-state index contributed by atoms with van der Waals surface area (Å²) in [6.07, 6.45) is 1.52. The van der Waals surface area contributed by atoms with Crippen molar-refractivity contribution in [2.24, 2.45) is 0 Å². The van der Waals surface area contributed by atoms with Gasteiger partial charge in [-0.05, 0) is 23.8 Å². The maximum atomic E-state index is 12.2. The van der Waals surface area contributed by atoms with Gasteiger partial charge < -0.3 is 14.7 Å². The number of methoxy groups -OCH3 is 1. The lowest BCUT2D eigenvalue weighted by atomic mass is 10.1. The molecule has 0 saturated heterocycles. The molecule has 1 aromatic carbocycles. The van der Waals surface area contributed by atoms with E-state index < -0.39 is 6.04 Å². The first-order valence-electron chi connectivity index (χ1n) is 6.18. The highest BCUT2D eigenvalue weighted by Crippen LogP contribution is 2.22. The number of carbonyl (C=O) groups excluding carboxylic acids is 1. The number of amides is 1. The number of aliphatic hydroxyl groups excluding tert-OH is 1. The summed E-state index contributed by atoms with van der Waals surface area (Å²) in [5, 5.41) is 16.0. The molecule has 0 bridgehead atoms. The molecular formula is C14H17N3O3. The van der Waals surface area contributed by atoms with Gasteiger partial charge in [-0.3, -0.25) is 9.89 Å². The van der Waals surface area contributed by atoms with Crippen molar-refractivity contribution in [2.45, 2.75) is 6.04 Å². The molecule has 6 heteroatoms. The minimum absolute atomic E-state index is 0.164. The highest BCUT2D eigenvalue weighted by Gasteiger charge is 2.22. The van der Waals surface area contributed by atoms with Crippen LogP contribution in [0.3, 0.4) is 0 Å². The van der Waals surface area contributed by atoms with Crippen LogP contribution in [0.2, 0.25) is 0 Å². The molecule has 1 amide bonds. The summed E-state index contributed by atoms with van der Waals surface area (Å²) in [6, 6.07) is 8.43. The van der Waals surface area contributed by atoms with E-state index in [0.29, 0.717) is 5.69 Å². The molecule has 1 heterocycles. The lowest BCUT2D eigenvalue weighted by Gasteiger charge is -2.26. The molecule has 0 spiro atoms. The third-order valence-electron chi connectivity index (χ3n) is 3.19. The van der Waals surface area contributed by atoms with Gasteiger partial charge in [0.05, 0.1) is 19.8 Å². The minimum atomic E-state index is -0.420. The summed E-state index contributed by atoms with van der Waals surface area (Å²) in [6.45, 7) is -0.164. The van der Waals surface area contributed by atoms with Gasteiger partial charge in [-0.15, -0.1) is 0 Å². The average Bonchev–Trinajstić information content (AvgIpc) is 3.02. The van der Waals surface area contributed by atoms with Crippen molar-refractivity contribution in [1.29, 1.82) is 0 Å². The molecule has 106 valence electrons. The lowest BCUT2D eigenvalue weighted by Crippen LogP contribution is -2.33. The average molecular weight is 275 g/mol. The lowest BCUT2D eigenvalue weighted by molar-refractivity contribution is 0.0652. The second-order valence-corrected chi connectivity index (χ2v) is 4.36. The highest BCUT2D eigenvalue weighted by atomic mass is 16.5. The normalized spacial score (nSPS) is 11.9. The quantitative estimate of drug-likeness (QED) is 0.860. The number of aromatic nitrogens is 2. The summed E-state index contributed by atoms with van der Waals surface area (Å²) in [4.78, 5) is 13.7. The fourth-order valence-corrected chi connectivity index (χ4v) is 1.98. The van der Waals surface area contributed by atoms with Gasteiger partial charge in [-0.1, -0.05) is 12.1 Å². The molecule has 0 radical (unpaired) electrons. The van der Waals surface area contributed by atoms with Gasteiger partial charge in [0.2, 0.25) is 0 Å². The molecular weight excluding hydrogens is 258 g/mol. The molecule has 0 unspecified atom stereocenters. The van der Waals surface area contributed by atoms with Crippen molar-refractivity contribution in [1.82, 2.24) is 15.1 Å². The Kier molecular flexibility index (Phi) is 4.37. The molecule has 0 fully saturated rings. The molecule has 2 aromatic rings. The Hall–Kier alpha value is -2.34. The molecule has 1 atom stereocenters. The maximum Gasteiger partial charge on any atom is 0.272 e. The van der Waals surface area contributed by atoms with Crippen molar-refractivity contribution in [3.05, 3.63) is 47.8 Å². The largest absolute Gasteiger partial charge is 0.497 e. The van der Waals surface area contributed by atoms with E-state index in [1.165, 1.54) is 11.1 Å². The first-order valence-corrected chi connectivity index (χ1v) is 6.18. The highest BCUT2D eigenvalue weighted by molar-refractivity contribution is 5.92. The summed E-state index contributed by atoms with van der Waals surface area (Å²) < 4.78 is 5.09. The van der Waals surface area contributed by atoms with E-state index in [2.05, 4.69) is 10.2 Å². The number of ether oxygens (including phenoxy) is 1. The molecule has 2 rings (SSSR count). The third kappa shape index (κ3) is 2.80. The number of hydrogen-bond donors (Lipinski definition) is 2. The summed E-state index contributed by atoms with van der Waals surface area (Å²) in [5.41, 5.74) is 1.23. The topological polar surface area (TPSA) is 78.5 Å². The fraction of sp³-hybridized carbons (Fsp3) is 0.286. The number of hydrogen-bond acceptors (Lipinski definition) is 4. The van der Waals surface area contributed by atoms with Crippen molar-refractivity contribution < 1.29 is 14.6 Å². The zero-order valence-corrected chi connectivity index (χ0v) is 11.4. The number of aliphatic hydroxyl groups is 1. The van der Waals surface area contributed by atoms with Crippen molar-refractivity contribution in [3.63, 3.8) is 0 Å². The predicted molar refractivity (Wildman–Crippen MR) is 73.5 cm³/mol. The Morgan fingerprint density at radius 2 is 2.10 bits per heavy atom. The molecule has 0 aliphatic heterocycles. The Morgan fingerprint density at radius 3 is 2.60 bits per heavy atom. The number of nitrogens with zero attached hydrogens (tertiary/aromatic N) is 2. The molecule has 1 aromatic heterocycles. The van der Waals surface area contributed by atoms with Gasteiger partial charge in [-0.2, -0.15) is 5.10 Å². The number of nitrogens with one attached hydrogen (secondary N) is 1. The van der Waals surface area contributed by atoms with E-state index in [1.54, 1.807) is 32.4 Å². The second-order valence-electron chi connectivity index (χ2n) is 4.36. The van der Waals surface area contributed by atoms with Gasteiger partial charge >= 0.3 is 0 Å². The first kappa shape index (κ1) is 14.1. The number of rotatable bonds is 5. The first-order chi connectivity index (χ1) is 9.67. The number of likely N-dealkylation sites (N-methyl/N-ethyl adjacent to an activating group) is 1. The van der Waals surface area contributed by atoms with E-state index in [4.69, 9.17) is 4.74 Å². The number of benzene rings is 1. The number of carbonyl (C=O) groups is 1. The Balaban J connectivity index is 2.20. The predicted octanol–water partition coefficient (Wildman–Crippen LogP) is 1.22. The molecule has 2 N–H and O–H groups in total. The number of aromatic amines is 1. The zero-order chi connectivity index (χ0) is 14.5. The van der Waals surface area contributed by atoms with E-state index in [0.717, 1.165) is 11.3 Å². The Labute approximate surface area is 117 Å². The van der Waals surface area contributed by atoms with Gasteiger partial charge in [0.1, 0.15) is 11.4 Å². The van der Waals surface area contributed by atoms with Crippen LogP contribution in [0.15, 0.2) is 36.5 Å². The summed E-state index contributed by atoms with van der Waals surface area (Å²) in [7, 11) is 3.24. The van der Waals surface area contributed by atoms with Crippen LogP contribution < -0.4 is 4.74 Å². The van der Waals surface area contributed by atoms with Gasteiger partial charge in [0.15, 0.2) is 0 Å². The molecule has 0 aliphatic carbocycles. The van der Waals surface area contributed by atoms with Crippen LogP contribution in [0.4, 0.5) is 0 Å². The van der Waals surface area contributed by atoms with E-state index >= 15 is 0 Å². The molecule has 0 saturated carbocycles.